The highest BCUT2D eigenvalue weighted by molar-refractivity contribution is 8.21. The highest BCUT2D eigenvalue weighted by Crippen LogP contribution is 2.36. The molecular formula is C12H20F4S4. The molecule has 0 radical (unpaired) electrons. The van der Waals surface area contributed by atoms with Gasteiger partial charge in [0.1, 0.15) is 0 Å². The normalized spacial score (nSPS) is 14.4. The number of hydrogen-bond acceptors (Lipinski definition) is 4. The molecule has 20 heavy (non-hydrogen) atoms. The van der Waals surface area contributed by atoms with E-state index in [2.05, 4.69) is 25.3 Å². The van der Waals surface area contributed by atoms with Crippen LogP contribution in [0.1, 0.15) is 39.5 Å². The van der Waals surface area contributed by atoms with Crippen molar-refractivity contribution in [2.75, 3.05) is 11.5 Å². The Balaban J connectivity index is 3.95. The number of alkyl halides is 4. The van der Waals surface area contributed by atoms with Crippen LogP contribution in [0.15, 0.2) is 8.47 Å². The van der Waals surface area contributed by atoms with Gasteiger partial charge in [0.2, 0.25) is 11.8 Å². The van der Waals surface area contributed by atoms with E-state index in [0.717, 1.165) is 6.92 Å². The van der Waals surface area contributed by atoms with Gasteiger partial charge in [-0.05, 0) is 19.1 Å². The van der Waals surface area contributed by atoms with Crippen LogP contribution in [0.5, 0.6) is 0 Å². The first-order valence-corrected chi connectivity index (χ1v) is 9.07. The van der Waals surface area contributed by atoms with E-state index < -0.39 is 11.8 Å². The van der Waals surface area contributed by atoms with Crippen LogP contribution in [0.3, 0.4) is 0 Å². The molecule has 0 spiro atoms. The highest BCUT2D eigenvalue weighted by Gasteiger charge is 2.25. The highest BCUT2D eigenvalue weighted by atomic mass is 32.2. The summed E-state index contributed by atoms with van der Waals surface area (Å²) in [5, 5.41) is 0. The van der Waals surface area contributed by atoms with Crippen LogP contribution in [-0.2, 0) is 0 Å². The second-order valence-electron chi connectivity index (χ2n) is 4.44. The smallest absolute Gasteiger partial charge is 0.207 e. The Kier molecular flexibility index (Phi) is 10.2. The van der Waals surface area contributed by atoms with E-state index in [1.54, 1.807) is 0 Å². The summed E-state index contributed by atoms with van der Waals surface area (Å²) in [6.07, 6.45) is -0.171. The average molecular weight is 369 g/mol. The molecule has 0 N–H and O–H groups in total. The lowest BCUT2D eigenvalue weighted by atomic mass is 10.2. The molecule has 0 amide bonds. The summed E-state index contributed by atoms with van der Waals surface area (Å²) in [6.45, 7) is 2.34. The molecular weight excluding hydrogens is 348 g/mol. The fraction of sp³-hybridized carbons (Fsp3) is 0.833. The Bertz CT molecular complexity index is 313. The average Bonchev–Trinajstić information content (AvgIpc) is 2.32. The van der Waals surface area contributed by atoms with E-state index in [-0.39, 0.29) is 25.0 Å². The van der Waals surface area contributed by atoms with Gasteiger partial charge in [0.05, 0.1) is 8.47 Å². The number of thioether (sulfide) groups is 2. The van der Waals surface area contributed by atoms with Gasteiger partial charge in [0.25, 0.3) is 0 Å². The number of thiol groups is 2. The van der Waals surface area contributed by atoms with Crippen LogP contribution in [0.4, 0.5) is 17.6 Å². The third-order valence-electron chi connectivity index (χ3n) is 2.41. The molecule has 8 heteroatoms. The fourth-order valence-electron chi connectivity index (χ4n) is 1.15. The van der Waals surface area contributed by atoms with Gasteiger partial charge in [-0.15, -0.1) is 48.8 Å². The molecule has 0 aliphatic rings. The minimum absolute atomic E-state index is 0.168. The molecule has 0 heterocycles. The van der Waals surface area contributed by atoms with Gasteiger partial charge < -0.3 is 0 Å². The molecule has 0 rings (SSSR count). The summed E-state index contributed by atoms with van der Waals surface area (Å²) >= 11 is 10.9. The summed E-state index contributed by atoms with van der Waals surface area (Å²) in [6, 6.07) is 0. The Morgan fingerprint density at radius 2 is 1.45 bits per heavy atom. The monoisotopic (exact) mass is 368 g/mol. The van der Waals surface area contributed by atoms with Crippen LogP contribution in [-0.4, -0.2) is 23.4 Å². The summed E-state index contributed by atoms with van der Waals surface area (Å²) in [7, 11) is 0. The zero-order chi connectivity index (χ0) is 15.8. The van der Waals surface area contributed by atoms with Crippen LogP contribution in [0.2, 0.25) is 0 Å². The van der Waals surface area contributed by atoms with E-state index in [4.69, 9.17) is 0 Å². The third kappa shape index (κ3) is 11.5. The Morgan fingerprint density at radius 1 is 0.950 bits per heavy atom. The minimum Gasteiger partial charge on any atom is -0.207 e. The Labute approximate surface area is 137 Å². The molecule has 0 aromatic rings. The van der Waals surface area contributed by atoms with Gasteiger partial charge in [-0.2, -0.15) is 0 Å². The van der Waals surface area contributed by atoms with Crippen LogP contribution in [0.25, 0.3) is 0 Å². The van der Waals surface area contributed by atoms with E-state index in [9.17, 15) is 17.6 Å². The first-order chi connectivity index (χ1) is 9.07. The molecule has 0 unspecified atom stereocenters. The third-order valence-corrected chi connectivity index (χ3v) is 6.09. The van der Waals surface area contributed by atoms with E-state index in [1.807, 2.05) is 0 Å². The predicted octanol–water partition coefficient (Wildman–Crippen LogP) is 6.31. The van der Waals surface area contributed by atoms with Crippen LogP contribution < -0.4 is 0 Å². The molecule has 120 valence electrons. The summed E-state index contributed by atoms with van der Waals surface area (Å²) in [5.74, 6) is -4.52. The summed E-state index contributed by atoms with van der Waals surface area (Å²) in [5.41, 5.74) is 0. The van der Waals surface area contributed by atoms with Crippen molar-refractivity contribution in [1.82, 2.24) is 0 Å². The second kappa shape index (κ2) is 9.79. The zero-order valence-corrected chi connectivity index (χ0v) is 14.9. The van der Waals surface area contributed by atoms with Gasteiger partial charge in [-0.3, -0.25) is 0 Å². The standard InChI is InChI=1S/C12H20F4S4/c1-3-12(15,16)6-8-20-10(18)9(17)19-7-4-5-11(2,13)14/h17-18H,3-8H2,1-2H3/b10-9-. The van der Waals surface area contributed by atoms with Crippen molar-refractivity contribution in [3.8, 4) is 0 Å². The molecule has 0 bridgehead atoms. The maximum atomic E-state index is 13.0. The van der Waals surface area contributed by atoms with Crippen molar-refractivity contribution in [2.24, 2.45) is 0 Å². The number of rotatable bonds is 10. The van der Waals surface area contributed by atoms with Crippen molar-refractivity contribution < 1.29 is 17.6 Å². The van der Waals surface area contributed by atoms with Gasteiger partial charge in [-0.1, -0.05) is 6.92 Å². The summed E-state index contributed by atoms with van der Waals surface area (Å²) in [4.78, 5) is 0. The fourth-order valence-corrected chi connectivity index (χ4v) is 3.76. The van der Waals surface area contributed by atoms with Gasteiger partial charge in [0, 0.05) is 25.0 Å². The van der Waals surface area contributed by atoms with Crippen molar-refractivity contribution in [2.45, 2.75) is 51.4 Å². The van der Waals surface area contributed by atoms with E-state index >= 15 is 0 Å². The Hall–Kier alpha value is 0.860. The summed E-state index contributed by atoms with van der Waals surface area (Å²) < 4.78 is 52.4. The van der Waals surface area contributed by atoms with Crippen molar-refractivity contribution in [1.29, 1.82) is 0 Å². The molecule has 0 atom stereocenters. The van der Waals surface area contributed by atoms with Crippen LogP contribution in [0, 0.1) is 0 Å². The molecule has 0 aromatic carbocycles. The first-order valence-electron chi connectivity index (χ1n) is 6.21. The maximum absolute atomic E-state index is 13.0. The van der Waals surface area contributed by atoms with Gasteiger partial charge in [0.15, 0.2) is 0 Å². The Morgan fingerprint density at radius 3 is 1.90 bits per heavy atom. The lowest BCUT2D eigenvalue weighted by Crippen LogP contribution is -2.14. The number of hydrogen-bond donors (Lipinski definition) is 2. The predicted molar refractivity (Wildman–Crippen MR) is 89.6 cm³/mol. The molecule has 0 saturated carbocycles. The number of halogens is 4. The van der Waals surface area contributed by atoms with Crippen molar-refractivity contribution >= 4 is 48.8 Å². The molecule has 0 fully saturated rings. The SMILES string of the molecule is CCC(F)(F)CCS/C(S)=C(/S)SCCCC(C)(F)F. The van der Waals surface area contributed by atoms with E-state index in [1.165, 1.54) is 30.4 Å². The molecule has 0 aliphatic heterocycles. The largest absolute Gasteiger partial charge is 0.248 e. The van der Waals surface area contributed by atoms with Crippen molar-refractivity contribution in [3.63, 3.8) is 0 Å². The second-order valence-corrected chi connectivity index (χ2v) is 8.15. The van der Waals surface area contributed by atoms with Crippen molar-refractivity contribution in [3.05, 3.63) is 8.47 Å². The minimum atomic E-state index is -2.65. The van der Waals surface area contributed by atoms with E-state index in [0.29, 0.717) is 20.6 Å². The lowest BCUT2D eigenvalue weighted by molar-refractivity contribution is -0.00524. The molecule has 0 aromatic heterocycles. The molecule has 0 saturated heterocycles. The topological polar surface area (TPSA) is 0 Å². The molecule has 0 aliphatic carbocycles. The van der Waals surface area contributed by atoms with Crippen LogP contribution >= 0.6 is 48.8 Å². The molecule has 0 nitrogen and oxygen atoms in total. The van der Waals surface area contributed by atoms with Gasteiger partial charge in [-0.25, -0.2) is 17.6 Å². The quantitative estimate of drug-likeness (QED) is 0.263. The zero-order valence-electron chi connectivity index (χ0n) is 11.5. The first kappa shape index (κ1) is 20.9. The lowest BCUT2D eigenvalue weighted by Gasteiger charge is -2.13. The maximum Gasteiger partial charge on any atom is 0.248 e. The van der Waals surface area contributed by atoms with Gasteiger partial charge >= 0.3 is 0 Å².